The highest BCUT2D eigenvalue weighted by atomic mass is 32.2. The first-order valence-corrected chi connectivity index (χ1v) is 11.8. The van der Waals surface area contributed by atoms with Gasteiger partial charge in [-0.05, 0) is 60.3 Å². The number of anilines is 2. The molecule has 3 aromatic heterocycles. The van der Waals surface area contributed by atoms with Crippen molar-refractivity contribution >= 4 is 33.4 Å². The Morgan fingerprint density at radius 1 is 1.06 bits per heavy atom. The van der Waals surface area contributed by atoms with Crippen molar-refractivity contribution in [2.75, 3.05) is 23.7 Å². The van der Waals surface area contributed by atoms with Gasteiger partial charge >= 0.3 is 0 Å². The third-order valence-corrected chi connectivity index (χ3v) is 6.57. The monoisotopic (exact) mass is 459 g/mol. The molecule has 0 bridgehead atoms. The summed E-state index contributed by atoms with van der Waals surface area (Å²) in [6.45, 7) is 1.75. The zero-order valence-electron chi connectivity index (χ0n) is 17.8. The minimum Gasteiger partial charge on any atom is -0.768 e. The Morgan fingerprint density at radius 2 is 1.88 bits per heavy atom. The van der Waals surface area contributed by atoms with Crippen LogP contribution in [0, 0.1) is 0 Å². The van der Waals surface area contributed by atoms with E-state index >= 15 is 0 Å². The third kappa shape index (κ3) is 4.30. The summed E-state index contributed by atoms with van der Waals surface area (Å²) < 4.78 is 22.3. The van der Waals surface area contributed by atoms with Crippen LogP contribution in [0.1, 0.15) is 12.8 Å². The summed E-state index contributed by atoms with van der Waals surface area (Å²) >= 11 is -2.27. The van der Waals surface area contributed by atoms with Crippen molar-refractivity contribution in [2.24, 2.45) is 5.73 Å². The number of pyridine rings is 3. The van der Waals surface area contributed by atoms with Crippen LogP contribution in [-0.4, -0.2) is 42.8 Å². The molecule has 1 aromatic carbocycles. The maximum atomic E-state index is 11.1. The Balaban J connectivity index is 1.57. The lowest BCUT2D eigenvalue weighted by atomic mass is 10.0. The average molecular weight is 460 g/mol. The van der Waals surface area contributed by atoms with Crippen LogP contribution in [-0.2, 0) is 11.1 Å². The quantitative estimate of drug-likeness (QED) is 0.445. The van der Waals surface area contributed by atoms with Crippen molar-refractivity contribution in [1.82, 2.24) is 15.0 Å². The molecule has 9 heteroatoms. The lowest BCUT2D eigenvalue weighted by Crippen LogP contribution is -2.42. The molecule has 0 amide bonds. The number of benzene rings is 1. The van der Waals surface area contributed by atoms with E-state index in [9.17, 15) is 8.76 Å². The SMILES string of the molecule is Nc1ccc(-c2ccc(S(=O)[O-])cc2)nc1-c1cc2c(N3CCC[C@H](N)C3)ccnc2cn1. The molecule has 1 aliphatic heterocycles. The number of fused-ring (bicyclic) bond motifs is 1. The fourth-order valence-electron chi connectivity index (χ4n) is 4.24. The molecule has 1 fully saturated rings. The molecule has 2 atom stereocenters. The third-order valence-electron chi connectivity index (χ3n) is 5.92. The molecule has 1 aliphatic rings. The van der Waals surface area contributed by atoms with Gasteiger partial charge in [-0.1, -0.05) is 12.1 Å². The van der Waals surface area contributed by atoms with Crippen LogP contribution in [0.2, 0.25) is 0 Å². The van der Waals surface area contributed by atoms with Crippen LogP contribution < -0.4 is 16.4 Å². The van der Waals surface area contributed by atoms with E-state index in [1.54, 1.807) is 42.7 Å². The number of nitrogens with two attached hydrogens (primary N) is 2. The van der Waals surface area contributed by atoms with E-state index in [0.717, 1.165) is 48.1 Å². The van der Waals surface area contributed by atoms with E-state index in [1.165, 1.54) is 0 Å². The highest BCUT2D eigenvalue weighted by molar-refractivity contribution is 7.79. The van der Waals surface area contributed by atoms with Crippen LogP contribution in [0.25, 0.3) is 33.5 Å². The van der Waals surface area contributed by atoms with E-state index < -0.39 is 11.1 Å². The van der Waals surface area contributed by atoms with Gasteiger partial charge < -0.3 is 20.9 Å². The smallest absolute Gasteiger partial charge is 0.112 e. The number of rotatable bonds is 4. The van der Waals surface area contributed by atoms with Crippen LogP contribution in [0.4, 0.5) is 11.4 Å². The molecule has 4 aromatic rings. The summed E-state index contributed by atoms with van der Waals surface area (Å²) in [5.41, 5.74) is 17.6. The van der Waals surface area contributed by atoms with Crippen molar-refractivity contribution < 1.29 is 8.76 Å². The number of piperidine rings is 1. The van der Waals surface area contributed by atoms with Gasteiger partial charge in [-0.15, -0.1) is 0 Å². The lowest BCUT2D eigenvalue weighted by Gasteiger charge is -2.33. The summed E-state index contributed by atoms with van der Waals surface area (Å²) in [6.07, 6.45) is 5.62. The van der Waals surface area contributed by atoms with Crippen molar-refractivity contribution in [3.05, 3.63) is 60.9 Å². The Hall–Kier alpha value is -3.40. The van der Waals surface area contributed by atoms with Crippen LogP contribution in [0.5, 0.6) is 0 Å². The van der Waals surface area contributed by atoms with Gasteiger partial charge in [0.15, 0.2) is 0 Å². The van der Waals surface area contributed by atoms with E-state index in [0.29, 0.717) is 22.8 Å². The van der Waals surface area contributed by atoms with Gasteiger partial charge in [-0.3, -0.25) is 14.2 Å². The summed E-state index contributed by atoms with van der Waals surface area (Å²) in [6, 6.07) is 14.3. The summed E-state index contributed by atoms with van der Waals surface area (Å²) in [5.74, 6) is 0. The lowest BCUT2D eigenvalue weighted by molar-refractivity contribution is 0.507. The van der Waals surface area contributed by atoms with E-state index in [2.05, 4.69) is 14.9 Å². The molecule has 5 rings (SSSR count). The second-order valence-electron chi connectivity index (χ2n) is 8.16. The zero-order valence-corrected chi connectivity index (χ0v) is 18.7. The average Bonchev–Trinajstić information content (AvgIpc) is 2.84. The van der Waals surface area contributed by atoms with Gasteiger partial charge in [-0.2, -0.15) is 0 Å². The predicted octanol–water partition coefficient (Wildman–Crippen LogP) is 3.11. The van der Waals surface area contributed by atoms with E-state index in [-0.39, 0.29) is 10.9 Å². The largest absolute Gasteiger partial charge is 0.768 e. The Morgan fingerprint density at radius 3 is 2.64 bits per heavy atom. The summed E-state index contributed by atoms with van der Waals surface area (Å²) in [4.78, 5) is 16.3. The van der Waals surface area contributed by atoms with Gasteiger partial charge in [0.2, 0.25) is 0 Å². The fraction of sp³-hybridized carbons (Fsp3) is 0.208. The maximum Gasteiger partial charge on any atom is 0.112 e. The first-order valence-electron chi connectivity index (χ1n) is 10.7. The molecule has 33 heavy (non-hydrogen) atoms. The van der Waals surface area contributed by atoms with Crippen molar-refractivity contribution in [2.45, 2.75) is 23.8 Å². The fourth-order valence-corrected chi connectivity index (χ4v) is 4.60. The zero-order chi connectivity index (χ0) is 22.9. The molecular formula is C24H23N6O2S-. The van der Waals surface area contributed by atoms with Crippen molar-refractivity contribution in [3.8, 4) is 22.6 Å². The Kier molecular flexibility index (Phi) is 5.76. The molecular weight excluding hydrogens is 436 g/mol. The number of aromatic nitrogens is 3. The topological polar surface area (TPSA) is 134 Å². The molecule has 1 unspecified atom stereocenters. The Bertz CT molecular complexity index is 1340. The van der Waals surface area contributed by atoms with Crippen LogP contribution >= 0.6 is 0 Å². The highest BCUT2D eigenvalue weighted by Crippen LogP contribution is 2.32. The minimum atomic E-state index is -2.27. The normalized spacial score (nSPS) is 17.3. The standard InChI is InChI=1S/C24H24N6O2S/c25-16-2-1-11-30(14-16)23-9-10-27-22-13-28-21(12-18(22)23)24-19(26)7-8-20(29-24)15-3-5-17(6-4-15)33(31)32/h3-10,12-13,16H,1-2,11,14,25-26H2,(H,31,32)/p-1/t16-/m0/s1. The van der Waals surface area contributed by atoms with Crippen LogP contribution in [0.3, 0.4) is 0 Å². The number of hydrogen-bond donors (Lipinski definition) is 2. The Labute approximate surface area is 194 Å². The second-order valence-corrected chi connectivity index (χ2v) is 9.10. The first kappa shape index (κ1) is 21.4. The summed E-state index contributed by atoms with van der Waals surface area (Å²) in [5, 5.41) is 0.977. The minimum absolute atomic E-state index is 0.155. The molecule has 1 saturated heterocycles. The second kappa shape index (κ2) is 8.86. The molecule has 4 heterocycles. The summed E-state index contributed by atoms with van der Waals surface area (Å²) in [7, 11) is 0. The maximum absolute atomic E-state index is 11.1. The van der Waals surface area contributed by atoms with Crippen molar-refractivity contribution in [1.29, 1.82) is 0 Å². The molecule has 8 nitrogen and oxygen atoms in total. The van der Waals surface area contributed by atoms with Gasteiger partial charge in [0.25, 0.3) is 0 Å². The highest BCUT2D eigenvalue weighted by Gasteiger charge is 2.20. The van der Waals surface area contributed by atoms with Crippen LogP contribution in [0.15, 0.2) is 65.8 Å². The number of nitrogen functional groups attached to an aromatic ring is 1. The first-order chi connectivity index (χ1) is 16.0. The molecule has 0 saturated carbocycles. The van der Waals surface area contributed by atoms with Crippen molar-refractivity contribution in [3.63, 3.8) is 0 Å². The molecule has 0 radical (unpaired) electrons. The van der Waals surface area contributed by atoms with E-state index in [1.807, 2.05) is 18.2 Å². The van der Waals surface area contributed by atoms with E-state index in [4.69, 9.17) is 16.5 Å². The molecule has 168 valence electrons. The van der Waals surface area contributed by atoms with Gasteiger partial charge in [-0.25, -0.2) is 4.98 Å². The number of nitrogens with zero attached hydrogens (tertiary/aromatic N) is 4. The van der Waals surface area contributed by atoms with Gasteiger partial charge in [0.05, 0.1) is 28.8 Å². The predicted molar refractivity (Wildman–Crippen MR) is 129 cm³/mol. The molecule has 0 aliphatic carbocycles. The molecule has 0 spiro atoms. The van der Waals surface area contributed by atoms with Gasteiger partial charge in [0, 0.05) is 46.9 Å². The van der Waals surface area contributed by atoms with Gasteiger partial charge in [0.1, 0.15) is 5.69 Å². The number of hydrogen-bond acceptors (Lipinski definition) is 8. The molecule has 4 N–H and O–H groups in total.